The minimum absolute atomic E-state index is 0.184. The number of hydrogen-bond donors (Lipinski definition) is 0. The molecule has 38 heavy (non-hydrogen) atoms. The van der Waals surface area contributed by atoms with Crippen molar-refractivity contribution in [2.24, 2.45) is 10.8 Å². The third kappa shape index (κ3) is 12.1. The molecule has 0 saturated carbocycles. The molecule has 1 aliphatic rings. The average Bonchev–Trinajstić information content (AvgIpc) is 2.84. The fourth-order valence-corrected chi connectivity index (χ4v) is 4.14. The standard InChI is InChI=1S/C30H44O8/c1-7-15-35-17-19-37-27(33)11-9-13-29(3,4)23-21-26(32)24(22-25(23)31)30(5,6)14-10-12-28(34)38-20-18-36-16-8-2/h7-8,21-22H,1-2,9-20H2,3-6H3. The zero-order chi connectivity index (χ0) is 28.6. The second-order valence-corrected chi connectivity index (χ2v) is 10.5. The molecule has 0 N–H and O–H groups in total. The van der Waals surface area contributed by atoms with Gasteiger partial charge in [-0.15, -0.1) is 13.2 Å². The molecule has 0 atom stereocenters. The van der Waals surface area contributed by atoms with Crippen LogP contribution < -0.4 is 0 Å². The van der Waals surface area contributed by atoms with Crippen molar-refractivity contribution in [2.45, 2.75) is 66.2 Å². The Kier molecular flexibility index (Phi) is 14.8. The summed E-state index contributed by atoms with van der Waals surface area (Å²) < 4.78 is 20.6. The summed E-state index contributed by atoms with van der Waals surface area (Å²) in [5, 5.41) is 0. The summed E-state index contributed by atoms with van der Waals surface area (Å²) in [7, 11) is 0. The highest BCUT2D eigenvalue weighted by molar-refractivity contribution is 6.20. The van der Waals surface area contributed by atoms with Crippen molar-refractivity contribution >= 4 is 23.5 Å². The number of hydrogen-bond acceptors (Lipinski definition) is 8. The minimum atomic E-state index is -0.578. The Balaban J connectivity index is 2.55. The number of carbonyl (C=O) groups excluding carboxylic acids is 4. The van der Waals surface area contributed by atoms with Gasteiger partial charge in [0.1, 0.15) is 13.2 Å². The second kappa shape index (κ2) is 16.9. The molecule has 8 heteroatoms. The van der Waals surface area contributed by atoms with Crippen LogP contribution in [0.2, 0.25) is 0 Å². The van der Waals surface area contributed by atoms with Gasteiger partial charge in [-0.2, -0.15) is 0 Å². The molecule has 0 aromatic heterocycles. The molecule has 0 aromatic carbocycles. The monoisotopic (exact) mass is 532 g/mol. The predicted octanol–water partition coefficient (Wildman–Crippen LogP) is 4.88. The van der Waals surface area contributed by atoms with E-state index in [0.29, 0.717) is 63.3 Å². The van der Waals surface area contributed by atoms with E-state index in [0.717, 1.165) is 0 Å². The van der Waals surface area contributed by atoms with Crippen molar-refractivity contribution in [3.05, 3.63) is 48.6 Å². The summed E-state index contributed by atoms with van der Waals surface area (Å²) in [4.78, 5) is 50.0. The summed E-state index contributed by atoms with van der Waals surface area (Å²) in [5.41, 5.74) is -0.275. The SMILES string of the molecule is C=CCOCCOC(=O)CCCC(C)(C)C1=CC(=O)C(C(C)(C)CCCC(=O)OCCOCC=C)=CC1=O. The molecule has 0 spiro atoms. The van der Waals surface area contributed by atoms with E-state index in [-0.39, 0.29) is 49.6 Å². The Morgan fingerprint density at radius 2 is 1.08 bits per heavy atom. The Morgan fingerprint density at radius 1 is 0.711 bits per heavy atom. The quantitative estimate of drug-likeness (QED) is 0.0946. The third-order valence-corrected chi connectivity index (χ3v) is 6.36. The lowest BCUT2D eigenvalue weighted by Crippen LogP contribution is -2.30. The zero-order valence-electron chi connectivity index (χ0n) is 23.5. The Bertz CT molecular complexity index is 833. The molecule has 0 aromatic rings. The highest BCUT2D eigenvalue weighted by atomic mass is 16.6. The number of carbonyl (C=O) groups is 4. The Hall–Kier alpha value is -2.84. The van der Waals surface area contributed by atoms with Gasteiger partial charge in [-0.05, 0) is 48.7 Å². The molecule has 1 aliphatic carbocycles. The van der Waals surface area contributed by atoms with Gasteiger partial charge in [-0.1, -0.05) is 39.8 Å². The van der Waals surface area contributed by atoms with Crippen LogP contribution in [-0.4, -0.2) is 63.1 Å². The maximum Gasteiger partial charge on any atom is 0.305 e. The van der Waals surface area contributed by atoms with Crippen molar-refractivity contribution in [3.63, 3.8) is 0 Å². The first-order valence-electron chi connectivity index (χ1n) is 13.2. The van der Waals surface area contributed by atoms with Gasteiger partial charge in [0.25, 0.3) is 0 Å². The van der Waals surface area contributed by atoms with Gasteiger partial charge in [0, 0.05) is 24.0 Å². The van der Waals surface area contributed by atoms with Crippen LogP contribution in [0.4, 0.5) is 0 Å². The van der Waals surface area contributed by atoms with Gasteiger partial charge in [0.2, 0.25) is 0 Å². The van der Waals surface area contributed by atoms with Gasteiger partial charge in [-0.25, -0.2) is 0 Å². The molecule has 0 fully saturated rings. The highest BCUT2D eigenvalue weighted by Crippen LogP contribution is 2.40. The van der Waals surface area contributed by atoms with E-state index in [4.69, 9.17) is 18.9 Å². The summed E-state index contributed by atoms with van der Waals surface area (Å²) in [5.74, 6) is -1.04. The molecule has 0 bridgehead atoms. The second-order valence-electron chi connectivity index (χ2n) is 10.5. The van der Waals surface area contributed by atoms with Crippen LogP contribution in [0.5, 0.6) is 0 Å². The molecule has 0 heterocycles. The largest absolute Gasteiger partial charge is 0.463 e. The molecule has 0 radical (unpaired) electrons. The minimum Gasteiger partial charge on any atom is -0.463 e. The third-order valence-electron chi connectivity index (χ3n) is 6.36. The van der Waals surface area contributed by atoms with Crippen LogP contribution in [0, 0.1) is 10.8 Å². The Labute approximate surface area is 227 Å². The fraction of sp³-hybridized carbons (Fsp3) is 0.600. The van der Waals surface area contributed by atoms with Crippen molar-refractivity contribution < 1.29 is 38.1 Å². The number of rotatable bonds is 20. The van der Waals surface area contributed by atoms with Gasteiger partial charge in [0.05, 0.1) is 26.4 Å². The highest BCUT2D eigenvalue weighted by Gasteiger charge is 2.36. The van der Waals surface area contributed by atoms with Gasteiger partial charge in [-0.3, -0.25) is 19.2 Å². The summed E-state index contributed by atoms with van der Waals surface area (Å²) in [6.45, 7) is 16.5. The van der Waals surface area contributed by atoms with E-state index < -0.39 is 10.8 Å². The number of esters is 2. The summed E-state index contributed by atoms with van der Waals surface area (Å²) >= 11 is 0. The van der Waals surface area contributed by atoms with Gasteiger partial charge in [0.15, 0.2) is 11.6 Å². The topological polar surface area (TPSA) is 105 Å². The lowest BCUT2D eigenvalue weighted by Gasteiger charge is -2.32. The molecular formula is C30H44O8. The van der Waals surface area contributed by atoms with E-state index in [2.05, 4.69) is 13.2 Å². The smallest absolute Gasteiger partial charge is 0.305 e. The van der Waals surface area contributed by atoms with E-state index >= 15 is 0 Å². The first-order valence-corrected chi connectivity index (χ1v) is 13.2. The van der Waals surface area contributed by atoms with Crippen molar-refractivity contribution in [3.8, 4) is 0 Å². The first-order chi connectivity index (χ1) is 17.9. The van der Waals surface area contributed by atoms with Gasteiger partial charge >= 0.3 is 11.9 Å². The van der Waals surface area contributed by atoms with Crippen LogP contribution >= 0.6 is 0 Å². The molecular weight excluding hydrogens is 488 g/mol. The molecule has 0 saturated heterocycles. The van der Waals surface area contributed by atoms with Crippen LogP contribution in [0.3, 0.4) is 0 Å². The van der Waals surface area contributed by atoms with E-state index in [1.807, 2.05) is 27.7 Å². The van der Waals surface area contributed by atoms with Gasteiger partial charge < -0.3 is 18.9 Å². The van der Waals surface area contributed by atoms with Crippen molar-refractivity contribution in [1.29, 1.82) is 0 Å². The number of allylic oxidation sites excluding steroid dienone is 4. The zero-order valence-corrected chi connectivity index (χ0v) is 23.5. The average molecular weight is 533 g/mol. The van der Waals surface area contributed by atoms with E-state index in [1.165, 1.54) is 12.2 Å². The van der Waals surface area contributed by atoms with E-state index in [9.17, 15) is 19.2 Å². The lowest BCUT2D eigenvalue weighted by molar-refractivity contribution is -0.146. The molecule has 212 valence electrons. The van der Waals surface area contributed by atoms with Crippen LogP contribution in [0.15, 0.2) is 48.6 Å². The fourth-order valence-electron chi connectivity index (χ4n) is 4.14. The molecule has 0 aliphatic heterocycles. The first kappa shape index (κ1) is 33.2. The summed E-state index contributed by atoms with van der Waals surface area (Å²) in [6, 6.07) is 0. The maximum atomic E-state index is 13.0. The molecule has 1 rings (SSSR count). The van der Waals surface area contributed by atoms with Crippen LogP contribution in [0.1, 0.15) is 66.2 Å². The predicted molar refractivity (Wildman–Crippen MR) is 145 cm³/mol. The van der Waals surface area contributed by atoms with Crippen molar-refractivity contribution in [2.75, 3.05) is 39.6 Å². The van der Waals surface area contributed by atoms with Crippen LogP contribution in [-0.2, 0) is 38.1 Å². The lowest BCUT2D eigenvalue weighted by atomic mass is 9.70. The van der Waals surface area contributed by atoms with Crippen LogP contribution in [0.25, 0.3) is 0 Å². The normalized spacial score (nSPS) is 14.0. The van der Waals surface area contributed by atoms with E-state index in [1.54, 1.807) is 12.2 Å². The molecule has 0 amide bonds. The number of ether oxygens (including phenoxy) is 4. The Morgan fingerprint density at radius 3 is 1.42 bits per heavy atom. The molecule has 8 nitrogen and oxygen atoms in total. The number of ketones is 2. The molecule has 0 unspecified atom stereocenters. The summed E-state index contributed by atoms with van der Waals surface area (Å²) in [6.07, 6.45) is 8.71. The maximum absolute atomic E-state index is 13.0. The van der Waals surface area contributed by atoms with Crippen molar-refractivity contribution in [1.82, 2.24) is 0 Å².